The van der Waals surface area contributed by atoms with Crippen LogP contribution in [0.5, 0.6) is 0 Å². The van der Waals surface area contributed by atoms with Gasteiger partial charge >= 0.3 is 5.96 Å². The number of aliphatic hydroxyl groups excluding tert-OH is 5. The van der Waals surface area contributed by atoms with Crippen molar-refractivity contribution in [1.82, 2.24) is 5.32 Å². The zero-order valence-corrected chi connectivity index (χ0v) is 29.4. The number of fused-ring (bicyclic) bond motifs is 2. The molecule has 16 atom stereocenters. The van der Waals surface area contributed by atoms with Crippen LogP contribution in [0.1, 0.15) is 64.2 Å². The Morgan fingerprint density at radius 1 is 1.00 bits per heavy atom. The van der Waals surface area contributed by atoms with Crippen LogP contribution in [-0.2, 0) is 23.8 Å². The minimum atomic E-state index is -1.66. The van der Waals surface area contributed by atoms with Crippen molar-refractivity contribution in [2.24, 2.45) is 58.3 Å². The highest BCUT2D eigenvalue weighted by Crippen LogP contribution is 2.56. The van der Waals surface area contributed by atoms with E-state index in [9.17, 15) is 35.1 Å². The second-order valence-corrected chi connectivity index (χ2v) is 16.1. The predicted octanol–water partition coefficient (Wildman–Crippen LogP) is -4.58. The molecular weight excluding hydrogens is 650 g/mol. The first-order valence-corrected chi connectivity index (χ1v) is 18.8. The van der Waals surface area contributed by atoms with E-state index < -0.39 is 79.3 Å². The van der Waals surface area contributed by atoms with Crippen molar-refractivity contribution < 1.29 is 59.6 Å². The van der Waals surface area contributed by atoms with Gasteiger partial charge in [0.1, 0.15) is 42.1 Å². The molecule has 2 aliphatic heterocycles. The van der Waals surface area contributed by atoms with E-state index in [-0.39, 0.29) is 41.4 Å². The summed E-state index contributed by atoms with van der Waals surface area (Å²) in [5.41, 5.74) is 12.5. The van der Waals surface area contributed by atoms with E-state index in [0.29, 0.717) is 31.3 Å². The molecule has 0 radical (unpaired) electrons. The Morgan fingerprint density at radius 3 is 2.36 bits per heavy atom. The fourth-order valence-corrected chi connectivity index (χ4v) is 10.9. The number of quaternary nitrogens is 1. The number of hydrogen-bond acceptors (Lipinski definition) is 11. The standard InChI is InChI=1S/C35H59N5O10/c1-38-34(37)40-14-21-16(12-35(7-3-4-8-35)17-5-6-24(36)39-13-17)9-19-26(28(21)43)30(45)25-20(27(19)42)10-18(48-2)11-22(25)49-33-32(47)31(46)29(44)23(15-41)50-33/h16-26,28-29,31-33,39,41,43-44,46-47H,3-15,36H2,1-2H3,(H3,37,38,40)/p+2/t16?,17?,18?,19?,20?,21?,22?,23-,24?,25?,26?,28?,29-,31+,32-,33+/m1/s1. The number of carbonyl (C=O) groups is 2. The van der Waals surface area contributed by atoms with E-state index in [1.54, 1.807) is 7.05 Å². The molecule has 13 N–H and O–H groups in total. The Labute approximate surface area is 293 Å². The molecule has 284 valence electrons. The van der Waals surface area contributed by atoms with Crippen LogP contribution in [0.15, 0.2) is 0 Å². The lowest BCUT2D eigenvalue weighted by molar-refractivity contribution is -0.705. The summed E-state index contributed by atoms with van der Waals surface area (Å²) in [6, 6.07) is 0. The van der Waals surface area contributed by atoms with Crippen LogP contribution >= 0.6 is 0 Å². The zero-order valence-electron chi connectivity index (χ0n) is 29.4. The third-order valence-electron chi connectivity index (χ3n) is 13.6. The summed E-state index contributed by atoms with van der Waals surface area (Å²) in [5.74, 6) is -3.07. The highest BCUT2D eigenvalue weighted by Gasteiger charge is 2.62. The van der Waals surface area contributed by atoms with E-state index >= 15 is 0 Å². The minimum Gasteiger partial charge on any atom is -0.394 e. The second-order valence-electron chi connectivity index (χ2n) is 16.1. The van der Waals surface area contributed by atoms with Crippen molar-refractivity contribution in [2.45, 2.75) is 119 Å². The predicted molar refractivity (Wildman–Crippen MR) is 177 cm³/mol. The van der Waals surface area contributed by atoms with Gasteiger partial charge in [-0.25, -0.2) is 0 Å². The fraction of sp³-hybridized carbons (Fsp3) is 0.914. The van der Waals surface area contributed by atoms with E-state index in [4.69, 9.17) is 25.7 Å². The maximum Gasteiger partial charge on any atom is 0.340 e. The molecule has 0 aromatic rings. The quantitative estimate of drug-likeness (QED) is 0.0799. The summed E-state index contributed by atoms with van der Waals surface area (Å²) >= 11 is 0. The van der Waals surface area contributed by atoms with E-state index in [1.165, 1.54) is 7.11 Å². The number of carbonyl (C=O) groups excluding carboxylic acids is 2. The molecule has 4 aliphatic carbocycles. The highest BCUT2D eigenvalue weighted by atomic mass is 16.7. The number of piperidine rings is 1. The molecule has 6 rings (SSSR count). The molecule has 15 nitrogen and oxygen atoms in total. The molecule has 50 heavy (non-hydrogen) atoms. The fourth-order valence-electron chi connectivity index (χ4n) is 10.9. The van der Waals surface area contributed by atoms with Crippen LogP contribution in [-0.4, -0.2) is 132 Å². The van der Waals surface area contributed by atoms with Gasteiger partial charge in [0.15, 0.2) is 6.29 Å². The first-order valence-electron chi connectivity index (χ1n) is 18.8. The van der Waals surface area contributed by atoms with Crippen LogP contribution in [0.4, 0.5) is 0 Å². The summed E-state index contributed by atoms with van der Waals surface area (Å²) in [7, 11) is 3.25. The number of ether oxygens (including phenoxy) is 3. The normalized spacial score (nSPS) is 46.7. The Hall–Kier alpha value is -1.79. The van der Waals surface area contributed by atoms with Crippen LogP contribution in [0.2, 0.25) is 0 Å². The second kappa shape index (κ2) is 15.7. The summed E-state index contributed by atoms with van der Waals surface area (Å²) < 4.78 is 17.6. The molecular formula is C35H61N5O10+2. The Balaban J connectivity index is 1.29. The summed E-state index contributed by atoms with van der Waals surface area (Å²) in [6.45, 7) is 0.683. The molecule has 0 bridgehead atoms. The summed E-state index contributed by atoms with van der Waals surface area (Å²) in [4.78, 5) is 32.2. The Morgan fingerprint density at radius 2 is 1.72 bits per heavy atom. The van der Waals surface area contributed by atoms with Crippen molar-refractivity contribution in [3.63, 3.8) is 0 Å². The number of nitrogens with one attached hydrogen (secondary N) is 2. The van der Waals surface area contributed by atoms with Crippen molar-refractivity contribution >= 4 is 17.5 Å². The number of aliphatic hydroxyl groups is 5. The monoisotopic (exact) mass is 711 g/mol. The molecule has 0 aromatic carbocycles. The first kappa shape index (κ1) is 38.0. The van der Waals surface area contributed by atoms with Crippen molar-refractivity contribution in [3.8, 4) is 0 Å². The number of hydrogen-bond donors (Lipinski definition) is 10. The molecule has 15 heteroatoms. The van der Waals surface area contributed by atoms with Gasteiger partial charge in [0, 0.05) is 43.6 Å². The van der Waals surface area contributed by atoms with E-state index in [0.717, 1.165) is 51.5 Å². The lowest BCUT2D eigenvalue weighted by Crippen LogP contribution is -2.95. The molecule has 2 saturated heterocycles. The van der Waals surface area contributed by atoms with Gasteiger partial charge in [0.05, 0.1) is 56.9 Å². The largest absolute Gasteiger partial charge is 0.394 e. The van der Waals surface area contributed by atoms with Crippen LogP contribution in [0.3, 0.4) is 0 Å². The van der Waals surface area contributed by atoms with Gasteiger partial charge < -0.3 is 45.1 Å². The lowest BCUT2D eigenvalue weighted by atomic mass is 9.51. The number of guanidine groups is 1. The van der Waals surface area contributed by atoms with Crippen molar-refractivity contribution in [1.29, 1.82) is 0 Å². The third kappa shape index (κ3) is 7.12. The molecule has 2 heterocycles. The molecule has 11 unspecified atom stereocenters. The summed E-state index contributed by atoms with van der Waals surface area (Å²) in [6.07, 6.45) is -1.44. The van der Waals surface area contributed by atoms with Gasteiger partial charge in [-0.3, -0.25) is 31.4 Å². The van der Waals surface area contributed by atoms with Gasteiger partial charge in [0.25, 0.3) is 0 Å². The maximum atomic E-state index is 14.7. The average Bonchev–Trinajstić information content (AvgIpc) is 3.59. The third-order valence-corrected chi connectivity index (χ3v) is 13.6. The summed E-state index contributed by atoms with van der Waals surface area (Å²) in [5, 5.41) is 58.9. The topological polar surface area (TPSA) is 258 Å². The maximum absolute atomic E-state index is 14.7. The average molecular weight is 712 g/mol. The Kier molecular flexibility index (Phi) is 11.9. The molecule has 6 fully saturated rings. The van der Waals surface area contributed by atoms with E-state index in [1.807, 2.05) is 0 Å². The van der Waals surface area contributed by atoms with Crippen molar-refractivity contribution in [3.05, 3.63) is 0 Å². The molecule has 4 saturated carbocycles. The van der Waals surface area contributed by atoms with Gasteiger partial charge in [0.2, 0.25) is 0 Å². The highest BCUT2D eigenvalue weighted by molar-refractivity contribution is 6.00. The Bertz CT molecular complexity index is 1230. The first-order chi connectivity index (χ1) is 23.9. The van der Waals surface area contributed by atoms with Gasteiger partial charge in [-0.2, -0.15) is 0 Å². The smallest absolute Gasteiger partial charge is 0.340 e. The lowest BCUT2D eigenvalue weighted by Gasteiger charge is -2.54. The number of methoxy groups -OCH3 is 1. The molecule has 0 spiro atoms. The van der Waals surface area contributed by atoms with Gasteiger partial charge in [-0.15, -0.1) is 0 Å². The zero-order chi connectivity index (χ0) is 35.9. The molecule has 0 aromatic heterocycles. The van der Waals surface area contributed by atoms with Crippen LogP contribution in [0, 0.1) is 46.8 Å². The number of ketones is 2. The van der Waals surface area contributed by atoms with E-state index in [2.05, 4.69) is 15.6 Å². The van der Waals surface area contributed by atoms with Crippen LogP contribution in [0.25, 0.3) is 0 Å². The SMILES string of the molecule is C[NH+]=C(N)NCC1C(CC2(C3CCC(N)[NH2+]C3)CCCC2)CC2C(=O)C3CC(OC)CC(O[C@H]4O[C@H](CO)[C@@H](O)[C@H](O)[C@H]4O)C3C(=O)C2C1O. The number of Topliss-reactive ketones (excluding diaryl/α,β-unsaturated/α-hetero) is 2. The molecule has 6 aliphatic rings. The molecule has 0 amide bonds. The van der Waals surface area contributed by atoms with Crippen LogP contribution < -0.4 is 27.1 Å². The van der Waals surface area contributed by atoms with Gasteiger partial charge in [-0.1, -0.05) is 12.8 Å². The number of rotatable bonds is 9. The van der Waals surface area contributed by atoms with Crippen molar-refractivity contribution in [2.75, 3.05) is 33.9 Å². The minimum absolute atomic E-state index is 0.0200. The number of nitrogens with two attached hydrogens (primary N) is 3. The van der Waals surface area contributed by atoms with Gasteiger partial charge in [-0.05, 0) is 49.9 Å².